The fourth-order valence-corrected chi connectivity index (χ4v) is 4.88. The van der Waals surface area contributed by atoms with Gasteiger partial charge in [-0.1, -0.05) is 18.2 Å². The number of carbonyl (C=O) groups excluding carboxylic acids is 2. The Balaban J connectivity index is 1.40. The highest BCUT2D eigenvalue weighted by atomic mass is 32.1. The third-order valence-electron chi connectivity index (χ3n) is 5.45. The Bertz CT molecular complexity index is 1050. The summed E-state index contributed by atoms with van der Waals surface area (Å²) in [6.07, 6.45) is 2.14. The lowest BCUT2D eigenvalue weighted by atomic mass is 10.1. The van der Waals surface area contributed by atoms with E-state index in [4.69, 9.17) is 4.74 Å². The van der Waals surface area contributed by atoms with Crippen molar-refractivity contribution in [2.75, 3.05) is 30.3 Å². The standard InChI is InChI=1S/C25H27N3O3S/c1-2-31-19-13-11-18(12-14-19)26-25(30)20-7-3-4-8-21(20)27-24(29)17-28-15-5-9-22(28)23-10-6-16-32-23/h3-4,6-8,10-14,16,22H,2,5,9,15,17H2,1H3,(H,26,30)(H,27,29)/t22-/m0/s1. The molecule has 2 heterocycles. The molecule has 2 aromatic carbocycles. The van der Waals surface area contributed by atoms with E-state index in [1.807, 2.05) is 25.1 Å². The number of hydrogen-bond acceptors (Lipinski definition) is 5. The first-order valence-electron chi connectivity index (χ1n) is 10.8. The van der Waals surface area contributed by atoms with Gasteiger partial charge in [0.05, 0.1) is 24.4 Å². The van der Waals surface area contributed by atoms with Gasteiger partial charge >= 0.3 is 0 Å². The van der Waals surface area contributed by atoms with Crippen molar-refractivity contribution in [3.05, 3.63) is 76.5 Å². The number of nitrogens with zero attached hydrogens (tertiary/aromatic N) is 1. The lowest BCUT2D eigenvalue weighted by Gasteiger charge is -2.23. The number of ether oxygens (including phenoxy) is 1. The number of carbonyl (C=O) groups is 2. The molecule has 4 rings (SSSR count). The minimum atomic E-state index is -0.275. The van der Waals surface area contributed by atoms with Crippen LogP contribution in [-0.4, -0.2) is 36.4 Å². The van der Waals surface area contributed by atoms with E-state index in [1.165, 1.54) is 4.88 Å². The highest BCUT2D eigenvalue weighted by Gasteiger charge is 2.28. The molecule has 3 aromatic rings. The van der Waals surface area contributed by atoms with Crippen LogP contribution in [0.1, 0.15) is 41.0 Å². The number of para-hydroxylation sites is 1. The van der Waals surface area contributed by atoms with E-state index in [0.29, 0.717) is 36.1 Å². The van der Waals surface area contributed by atoms with Crippen molar-refractivity contribution in [1.82, 2.24) is 4.90 Å². The molecule has 1 aromatic heterocycles. The Morgan fingerprint density at radius 1 is 1.06 bits per heavy atom. The molecule has 2 N–H and O–H groups in total. The molecule has 1 saturated heterocycles. The van der Waals surface area contributed by atoms with Gasteiger partial charge in [0.15, 0.2) is 0 Å². The van der Waals surface area contributed by atoms with Crippen LogP contribution >= 0.6 is 11.3 Å². The van der Waals surface area contributed by atoms with Gasteiger partial charge in [0.1, 0.15) is 5.75 Å². The number of benzene rings is 2. The topological polar surface area (TPSA) is 70.7 Å². The molecule has 1 fully saturated rings. The monoisotopic (exact) mass is 449 g/mol. The normalized spacial score (nSPS) is 16.0. The predicted molar refractivity (Wildman–Crippen MR) is 129 cm³/mol. The molecule has 1 aliphatic rings. The van der Waals surface area contributed by atoms with Gasteiger partial charge in [0, 0.05) is 16.6 Å². The summed E-state index contributed by atoms with van der Waals surface area (Å²) in [5.74, 6) is 0.360. The molecule has 0 radical (unpaired) electrons. The number of anilines is 2. The van der Waals surface area contributed by atoms with E-state index in [9.17, 15) is 9.59 Å². The highest BCUT2D eigenvalue weighted by molar-refractivity contribution is 7.10. The summed E-state index contributed by atoms with van der Waals surface area (Å²) in [6, 6.07) is 18.8. The fourth-order valence-electron chi connectivity index (χ4n) is 3.98. The van der Waals surface area contributed by atoms with Gasteiger partial charge in [-0.25, -0.2) is 0 Å². The molecule has 2 amide bonds. The van der Waals surface area contributed by atoms with Crippen LogP contribution in [-0.2, 0) is 4.79 Å². The van der Waals surface area contributed by atoms with Crippen molar-refractivity contribution >= 4 is 34.5 Å². The van der Waals surface area contributed by atoms with Crippen LogP contribution in [0, 0.1) is 0 Å². The Morgan fingerprint density at radius 2 is 1.88 bits per heavy atom. The Morgan fingerprint density at radius 3 is 2.62 bits per heavy atom. The van der Waals surface area contributed by atoms with Gasteiger partial charge in [-0.3, -0.25) is 14.5 Å². The number of nitrogens with one attached hydrogen (secondary N) is 2. The molecule has 0 saturated carbocycles. The zero-order chi connectivity index (χ0) is 22.3. The summed E-state index contributed by atoms with van der Waals surface area (Å²) >= 11 is 1.73. The molecule has 6 nitrogen and oxygen atoms in total. The number of likely N-dealkylation sites (tertiary alicyclic amines) is 1. The molecular weight excluding hydrogens is 422 g/mol. The number of hydrogen-bond donors (Lipinski definition) is 2. The van der Waals surface area contributed by atoms with Gasteiger partial charge in [-0.2, -0.15) is 0 Å². The molecule has 1 aliphatic heterocycles. The Kier molecular flexibility index (Phi) is 7.19. The second kappa shape index (κ2) is 10.4. The van der Waals surface area contributed by atoms with Crippen molar-refractivity contribution in [1.29, 1.82) is 0 Å². The van der Waals surface area contributed by atoms with Crippen LogP contribution in [0.3, 0.4) is 0 Å². The van der Waals surface area contributed by atoms with E-state index in [2.05, 4.69) is 33.0 Å². The first kappa shape index (κ1) is 22.0. The molecule has 166 valence electrons. The van der Waals surface area contributed by atoms with Gasteiger partial charge in [-0.05, 0) is 74.2 Å². The molecule has 1 atom stereocenters. The van der Waals surface area contributed by atoms with Crippen LogP contribution < -0.4 is 15.4 Å². The van der Waals surface area contributed by atoms with Crippen LogP contribution in [0.2, 0.25) is 0 Å². The van der Waals surface area contributed by atoms with E-state index >= 15 is 0 Å². The Hall–Kier alpha value is -3.16. The second-order valence-corrected chi connectivity index (χ2v) is 8.63. The first-order valence-corrected chi connectivity index (χ1v) is 11.7. The SMILES string of the molecule is CCOc1ccc(NC(=O)c2ccccc2NC(=O)CN2CCC[C@H]2c2cccs2)cc1. The summed E-state index contributed by atoms with van der Waals surface area (Å²) in [6.45, 7) is 3.71. The lowest BCUT2D eigenvalue weighted by Crippen LogP contribution is -2.33. The summed E-state index contributed by atoms with van der Waals surface area (Å²) < 4.78 is 5.44. The average molecular weight is 450 g/mol. The van der Waals surface area contributed by atoms with Crippen LogP contribution in [0.15, 0.2) is 66.0 Å². The zero-order valence-corrected chi connectivity index (χ0v) is 18.9. The largest absolute Gasteiger partial charge is 0.494 e. The van der Waals surface area contributed by atoms with Crippen molar-refractivity contribution < 1.29 is 14.3 Å². The molecule has 0 unspecified atom stereocenters. The van der Waals surface area contributed by atoms with Gasteiger partial charge in [0.25, 0.3) is 5.91 Å². The maximum atomic E-state index is 12.9. The quantitative estimate of drug-likeness (QED) is 0.497. The third-order valence-corrected chi connectivity index (χ3v) is 6.42. The third kappa shape index (κ3) is 5.36. The molecule has 32 heavy (non-hydrogen) atoms. The predicted octanol–water partition coefficient (Wildman–Crippen LogP) is 5.17. The van der Waals surface area contributed by atoms with E-state index in [1.54, 1.807) is 41.7 Å². The van der Waals surface area contributed by atoms with E-state index in [0.717, 1.165) is 25.1 Å². The summed E-state index contributed by atoms with van der Waals surface area (Å²) in [5, 5.41) is 7.90. The molecule has 0 spiro atoms. The number of amides is 2. The maximum Gasteiger partial charge on any atom is 0.257 e. The van der Waals surface area contributed by atoms with Crippen molar-refractivity contribution in [3.63, 3.8) is 0 Å². The highest BCUT2D eigenvalue weighted by Crippen LogP contribution is 2.34. The van der Waals surface area contributed by atoms with Crippen molar-refractivity contribution in [3.8, 4) is 5.75 Å². The minimum Gasteiger partial charge on any atom is -0.494 e. The molecule has 0 bridgehead atoms. The van der Waals surface area contributed by atoms with Crippen molar-refractivity contribution in [2.45, 2.75) is 25.8 Å². The van der Waals surface area contributed by atoms with E-state index in [-0.39, 0.29) is 11.8 Å². The van der Waals surface area contributed by atoms with Crippen LogP contribution in [0.25, 0.3) is 0 Å². The summed E-state index contributed by atoms with van der Waals surface area (Å²) in [4.78, 5) is 29.2. The number of rotatable bonds is 8. The summed E-state index contributed by atoms with van der Waals surface area (Å²) in [7, 11) is 0. The second-order valence-electron chi connectivity index (χ2n) is 7.65. The average Bonchev–Trinajstić information content (AvgIpc) is 3.47. The summed E-state index contributed by atoms with van der Waals surface area (Å²) in [5.41, 5.74) is 1.59. The van der Waals surface area contributed by atoms with Crippen molar-refractivity contribution in [2.24, 2.45) is 0 Å². The fraction of sp³-hybridized carbons (Fsp3) is 0.280. The lowest BCUT2D eigenvalue weighted by molar-refractivity contribution is -0.117. The Labute approximate surface area is 192 Å². The van der Waals surface area contributed by atoms with E-state index < -0.39 is 0 Å². The molecule has 0 aliphatic carbocycles. The van der Waals surface area contributed by atoms with Crippen LogP contribution in [0.5, 0.6) is 5.75 Å². The number of thiophene rings is 1. The molecular formula is C25H27N3O3S. The maximum absolute atomic E-state index is 12.9. The first-order chi connectivity index (χ1) is 15.6. The zero-order valence-electron chi connectivity index (χ0n) is 18.0. The smallest absolute Gasteiger partial charge is 0.257 e. The van der Waals surface area contributed by atoms with Gasteiger partial charge < -0.3 is 15.4 Å². The van der Waals surface area contributed by atoms with Gasteiger partial charge in [0.2, 0.25) is 5.91 Å². The van der Waals surface area contributed by atoms with Crippen LogP contribution in [0.4, 0.5) is 11.4 Å². The molecule has 7 heteroatoms. The minimum absolute atomic E-state index is 0.116. The van der Waals surface area contributed by atoms with Gasteiger partial charge in [-0.15, -0.1) is 11.3 Å².